The van der Waals surface area contributed by atoms with E-state index < -0.39 is 0 Å². The normalized spacial score (nSPS) is 14.7. The van der Waals surface area contributed by atoms with Crippen molar-refractivity contribution in [1.82, 2.24) is 24.8 Å². The summed E-state index contributed by atoms with van der Waals surface area (Å²) in [5, 5.41) is 13.8. The topological polar surface area (TPSA) is 116 Å². The number of nitrogen functional groups attached to an aromatic ring is 1. The molecular formula is C20H26N8OS2. The Labute approximate surface area is 189 Å². The van der Waals surface area contributed by atoms with E-state index in [1.807, 2.05) is 30.5 Å². The molecule has 0 aliphatic carbocycles. The quantitative estimate of drug-likeness (QED) is 0.435. The molecule has 2 aromatic heterocycles. The Balaban J connectivity index is 1.57. The molecule has 0 saturated carbocycles. The summed E-state index contributed by atoms with van der Waals surface area (Å²) in [5.74, 6) is 1.13. The third-order valence-corrected chi connectivity index (χ3v) is 6.81. The number of benzene rings is 1. The molecule has 1 aliphatic heterocycles. The SMILES string of the molecule is CCc1cnc(Nc2nc(Sc3ccc(N)cc3)nc(N3CCN(CCO)CC3)n2)s1. The summed E-state index contributed by atoms with van der Waals surface area (Å²) >= 11 is 3.07. The van der Waals surface area contributed by atoms with Crippen molar-refractivity contribution < 1.29 is 5.11 Å². The van der Waals surface area contributed by atoms with E-state index in [1.165, 1.54) is 16.6 Å². The zero-order valence-electron chi connectivity index (χ0n) is 17.4. The highest BCUT2D eigenvalue weighted by molar-refractivity contribution is 7.99. The van der Waals surface area contributed by atoms with E-state index in [4.69, 9.17) is 10.7 Å². The number of aliphatic hydroxyl groups excluding tert-OH is 1. The predicted octanol–water partition coefficient (Wildman–Crippen LogP) is 2.48. The van der Waals surface area contributed by atoms with Crippen molar-refractivity contribution in [1.29, 1.82) is 0 Å². The first-order chi connectivity index (χ1) is 15.1. The third-order valence-electron chi connectivity index (χ3n) is 4.88. The molecule has 1 fully saturated rings. The molecule has 164 valence electrons. The van der Waals surface area contributed by atoms with Gasteiger partial charge in [-0.2, -0.15) is 15.0 Å². The average Bonchev–Trinajstić information content (AvgIpc) is 3.23. The maximum Gasteiger partial charge on any atom is 0.234 e. The molecule has 0 radical (unpaired) electrons. The number of piperazine rings is 1. The number of aryl methyl sites for hydroxylation is 1. The van der Waals surface area contributed by atoms with E-state index >= 15 is 0 Å². The number of aliphatic hydroxyl groups is 1. The van der Waals surface area contributed by atoms with Crippen LogP contribution >= 0.6 is 23.1 Å². The Bertz CT molecular complexity index is 989. The molecule has 9 nitrogen and oxygen atoms in total. The highest BCUT2D eigenvalue weighted by Gasteiger charge is 2.21. The van der Waals surface area contributed by atoms with Gasteiger partial charge in [0.1, 0.15) is 0 Å². The number of hydrogen-bond acceptors (Lipinski definition) is 11. The van der Waals surface area contributed by atoms with Crippen molar-refractivity contribution in [2.75, 3.05) is 55.3 Å². The molecule has 3 aromatic rings. The molecule has 0 bridgehead atoms. The number of thiazole rings is 1. The molecule has 4 rings (SSSR count). The molecule has 1 saturated heterocycles. The van der Waals surface area contributed by atoms with Crippen LogP contribution in [0, 0.1) is 0 Å². The first-order valence-corrected chi connectivity index (χ1v) is 11.9. The van der Waals surface area contributed by atoms with Crippen LogP contribution in [0.4, 0.5) is 22.7 Å². The molecule has 0 atom stereocenters. The summed E-state index contributed by atoms with van der Waals surface area (Å²) < 4.78 is 0. The first-order valence-electron chi connectivity index (χ1n) is 10.2. The Kier molecular flexibility index (Phi) is 7.17. The van der Waals surface area contributed by atoms with Crippen molar-refractivity contribution in [3.8, 4) is 0 Å². The smallest absolute Gasteiger partial charge is 0.234 e. The van der Waals surface area contributed by atoms with Crippen LogP contribution in [0.5, 0.6) is 0 Å². The summed E-state index contributed by atoms with van der Waals surface area (Å²) in [7, 11) is 0. The van der Waals surface area contributed by atoms with Crippen LogP contribution in [0.2, 0.25) is 0 Å². The van der Waals surface area contributed by atoms with Gasteiger partial charge in [-0.1, -0.05) is 6.92 Å². The Hall–Kier alpha value is -2.47. The fourth-order valence-electron chi connectivity index (χ4n) is 3.17. The van der Waals surface area contributed by atoms with Gasteiger partial charge >= 0.3 is 0 Å². The van der Waals surface area contributed by atoms with Crippen molar-refractivity contribution in [3.63, 3.8) is 0 Å². The molecule has 0 spiro atoms. The van der Waals surface area contributed by atoms with Crippen molar-refractivity contribution in [2.24, 2.45) is 0 Å². The van der Waals surface area contributed by atoms with Crippen LogP contribution in [0.3, 0.4) is 0 Å². The second-order valence-electron chi connectivity index (χ2n) is 7.08. The van der Waals surface area contributed by atoms with Gasteiger partial charge in [-0.25, -0.2) is 4.98 Å². The second-order valence-corrected chi connectivity index (χ2v) is 9.23. The van der Waals surface area contributed by atoms with E-state index in [0.29, 0.717) is 23.6 Å². The number of β-amino-alcohol motifs (C(OH)–C–C–N with tert-alkyl or cyclic N) is 1. The number of nitrogens with two attached hydrogens (primary N) is 1. The average molecular weight is 459 g/mol. The first kappa shape index (κ1) is 21.8. The lowest BCUT2D eigenvalue weighted by atomic mass is 10.3. The number of aromatic nitrogens is 4. The van der Waals surface area contributed by atoms with E-state index in [0.717, 1.165) is 48.3 Å². The molecule has 4 N–H and O–H groups in total. The predicted molar refractivity (Wildman–Crippen MR) is 125 cm³/mol. The van der Waals surface area contributed by atoms with Gasteiger partial charge in [0.05, 0.1) is 6.61 Å². The van der Waals surface area contributed by atoms with Gasteiger partial charge in [-0.05, 0) is 42.4 Å². The third kappa shape index (κ3) is 5.82. The van der Waals surface area contributed by atoms with Crippen LogP contribution in [-0.4, -0.2) is 69.3 Å². The molecular weight excluding hydrogens is 432 g/mol. The number of rotatable bonds is 8. The molecule has 1 aliphatic rings. The number of anilines is 4. The minimum Gasteiger partial charge on any atom is -0.399 e. The van der Waals surface area contributed by atoms with Crippen molar-refractivity contribution in [2.45, 2.75) is 23.4 Å². The highest BCUT2D eigenvalue weighted by atomic mass is 32.2. The lowest BCUT2D eigenvalue weighted by molar-refractivity contribution is 0.188. The molecule has 0 amide bonds. The summed E-state index contributed by atoms with van der Waals surface area (Å²) in [6.45, 7) is 6.30. The lowest BCUT2D eigenvalue weighted by Gasteiger charge is -2.34. The largest absolute Gasteiger partial charge is 0.399 e. The van der Waals surface area contributed by atoms with E-state index in [2.05, 4.69) is 37.0 Å². The van der Waals surface area contributed by atoms with Gasteiger partial charge in [0.2, 0.25) is 11.9 Å². The minimum atomic E-state index is 0.176. The van der Waals surface area contributed by atoms with Gasteiger partial charge in [0.15, 0.2) is 10.3 Å². The van der Waals surface area contributed by atoms with Crippen LogP contribution in [0.1, 0.15) is 11.8 Å². The molecule has 3 heterocycles. The summed E-state index contributed by atoms with van der Waals surface area (Å²) in [6.07, 6.45) is 2.82. The summed E-state index contributed by atoms with van der Waals surface area (Å²) in [4.78, 5) is 25.0. The molecule has 11 heteroatoms. The monoisotopic (exact) mass is 458 g/mol. The van der Waals surface area contributed by atoms with Crippen molar-refractivity contribution >= 4 is 45.8 Å². The van der Waals surface area contributed by atoms with E-state index in [-0.39, 0.29) is 6.61 Å². The molecule has 31 heavy (non-hydrogen) atoms. The van der Waals surface area contributed by atoms with Gasteiger partial charge in [0.25, 0.3) is 0 Å². The minimum absolute atomic E-state index is 0.176. The maximum atomic E-state index is 9.18. The van der Waals surface area contributed by atoms with Crippen LogP contribution in [0.15, 0.2) is 40.5 Å². The summed E-state index contributed by atoms with van der Waals surface area (Å²) in [6, 6.07) is 7.65. The Morgan fingerprint density at radius 2 is 1.90 bits per heavy atom. The van der Waals surface area contributed by atoms with Gasteiger partial charge < -0.3 is 15.7 Å². The van der Waals surface area contributed by atoms with Crippen LogP contribution < -0.4 is 16.0 Å². The van der Waals surface area contributed by atoms with Gasteiger partial charge in [0, 0.05) is 54.4 Å². The highest BCUT2D eigenvalue weighted by Crippen LogP contribution is 2.29. The number of nitrogens with zero attached hydrogens (tertiary/aromatic N) is 6. The van der Waals surface area contributed by atoms with Crippen LogP contribution in [0.25, 0.3) is 0 Å². The zero-order valence-corrected chi connectivity index (χ0v) is 19.0. The number of hydrogen-bond donors (Lipinski definition) is 3. The standard InChI is InChI=1S/C20H26N8OS2/c1-2-15-13-22-19(30-15)24-17-23-18(28-9-7-27(8-10-28)11-12-29)26-20(25-17)31-16-5-3-14(21)4-6-16/h3-6,13,29H,2,7-12,21H2,1H3,(H,22,23,24,25,26). The fraction of sp³-hybridized carbons (Fsp3) is 0.400. The van der Waals surface area contributed by atoms with Gasteiger partial charge in [-0.15, -0.1) is 11.3 Å². The molecule has 1 aromatic carbocycles. The second kappa shape index (κ2) is 10.2. The zero-order chi connectivity index (χ0) is 21.6. The maximum absolute atomic E-state index is 9.18. The lowest BCUT2D eigenvalue weighted by Crippen LogP contribution is -2.47. The Morgan fingerprint density at radius 3 is 2.58 bits per heavy atom. The van der Waals surface area contributed by atoms with E-state index in [9.17, 15) is 5.11 Å². The molecule has 0 unspecified atom stereocenters. The fourth-order valence-corrected chi connectivity index (χ4v) is 4.66. The number of nitrogens with one attached hydrogen (secondary N) is 1. The Morgan fingerprint density at radius 1 is 1.13 bits per heavy atom. The summed E-state index contributed by atoms with van der Waals surface area (Å²) in [5.41, 5.74) is 6.53. The van der Waals surface area contributed by atoms with Crippen LogP contribution in [-0.2, 0) is 6.42 Å². The van der Waals surface area contributed by atoms with Crippen molar-refractivity contribution in [3.05, 3.63) is 35.3 Å². The van der Waals surface area contributed by atoms with E-state index in [1.54, 1.807) is 11.3 Å². The van der Waals surface area contributed by atoms with Gasteiger partial charge in [-0.3, -0.25) is 10.2 Å².